The lowest BCUT2D eigenvalue weighted by molar-refractivity contribution is -0.138. The molecule has 2 amide bonds. The minimum Gasteiger partial charge on any atom is -0.331 e. The number of amides is 2. The van der Waals surface area contributed by atoms with Crippen molar-refractivity contribution in [2.45, 2.75) is 11.8 Å². The Balaban J connectivity index is 1.62. The van der Waals surface area contributed by atoms with Gasteiger partial charge in [0.05, 0.1) is 5.75 Å². The normalized spacial score (nSPS) is 20.9. The zero-order valence-corrected chi connectivity index (χ0v) is 15.5. The first kappa shape index (κ1) is 16.9. The molecule has 132 valence electrons. The number of thioether (sulfide) groups is 1. The molecule has 2 aromatic carbocycles. The van der Waals surface area contributed by atoms with Crippen LogP contribution in [-0.4, -0.2) is 27.7 Å². The molecule has 6 nitrogen and oxygen atoms in total. The Kier molecular flexibility index (Phi) is 4.08. The minimum atomic E-state index is -1.15. The lowest BCUT2D eigenvalue weighted by atomic mass is 10.1. The standard InChI is InChI=1S/C18H16N4O2S2/c1-11-5-4-6-12(9-11)19-17(25)21-22-15(23)10-26-18(22)13-7-2-3-8-14(13)20-16(18)24/h2-9H,10H2,1H3,(H,20,24)(H2,19,21,25). The number of para-hydroxylation sites is 1. The Morgan fingerprint density at radius 2 is 2.04 bits per heavy atom. The number of rotatable bonds is 2. The Labute approximate surface area is 160 Å². The Morgan fingerprint density at radius 3 is 2.85 bits per heavy atom. The number of benzene rings is 2. The van der Waals surface area contributed by atoms with Crippen LogP contribution < -0.4 is 16.1 Å². The van der Waals surface area contributed by atoms with Crippen molar-refractivity contribution in [3.63, 3.8) is 0 Å². The summed E-state index contributed by atoms with van der Waals surface area (Å²) >= 11 is 6.65. The first-order chi connectivity index (χ1) is 12.5. The van der Waals surface area contributed by atoms with Crippen LogP contribution in [0.2, 0.25) is 0 Å². The molecule has 1 saturated heterocycles. The summed E-state index contributed by atoms with van der Waals surface area (Å²) < 4.78 is 0. The number of hydrogen-bond donors (Lipinski definition) is 3. The van der Waals surface area contributed by atoms with Gasteiger partial charge in [0.15, 0.2) is 5.11 Å². The number of carbonyl (C=O) groups is 2. The molecular formula is C18H16N4O2S2. The van der Waals surface area contributed by atoms with Gasteiger partial charge in [-0.3, -0.25) is 15.0 Å². The number of hydrogen-bond acceptors (Lipinski definition) is 4. The van der Waals surface area contributed by atoms with E-state index in [1.165, 1.54) is 16.8 Å². The molecule has 2 aliphatic heterocycles. The highest BCUT2D eigenvalue weighted by molar-refractivity contribution is 8.02. The van der Waals surface area contributed by atoms with E-state index in [1.54, 1.807) is 0 Å². The molecule has 0 aromatic heterocycles. The lowest BCUT2D eigenvalue weighted by Crippen LogP contribution is -2.56. The molecule has 0 saturated carbocycles. The highest BCUT2D eigenvalue weighted by Crippen LogP contribution is 2.51. The first-order valence-corrected chi connectivity index (χ1v) is 9.42. The smallest absolute Gasteiger partial charge is 0.267 e. The average molecular weight is 384 g/mol. The quantitative estimate of drug-likeness (QED) is 0.691. The number of carbonyl (C=O) groups excluding carboxylic acids is 2. The molecule has 0 bridgehead atoms. The number of aryl methyl sites for hydroxylation is 1. The van der Waals surface area contributed by atoms with Gasteiger partial charge in [-0.25, -0.2) is 5.01 Å². The van der Waals surface area contributed by atoms with Gasteiger partial charge in [-0.05, 0) is 42.9 Å². The van der Waals surface area contributed by atoms with E-state index in [2.05, 4.69) is 16.1 Å². The predicted octanol–water partition coefficient (Wildman–Crippen LogP) is 2.58. The van der Waals surface area contributed by atoms with Crippen LogP contribution in [-0.2, 0) is 14.5 Å². The Bertz CT molecular complexity index is 933. The molecule has 3 N–H and O–H groups in total. The van der Waals surface area contributed by atoms with Crippen molar-refractivity contribution in [1.82, 2.24) is 10.4 Å². The lowest BCUT2D eigenvalue weighted by Gasteiger charge is -2.32. The zero-order valence-electron chi connectivity index (χ0n) is 13.9. The fraction of sp³-hybridized carbons (Fsp3) is 0.167. The Hall–Kier alpha value is -2.58. The number of fused-ring (bicyclic) bond motifs is 2. The molecule has 1 unspecified atom stereocenters. The summed E-state index contributed by atoms with van der Waals surface area (Å²) in [5.41, 5.74) is 6.29. The molecule has 2 aliphatic rings. The number of nitrogens with zero attached hydrogens (tertiary/aromatic N) is 1. The maximum absolute atomic E-state index is 12.8. The maximum atomic E-state index is 12.8. The molecule has 26 heavy (non-hydrogen) atoms. The Morgan fingerprint density at radius 1 is 1.23 bits per heavy atom. The van der Waals surface area contributed by atoms with E-state index in [0.717, 1.165) is 16.8 Å². The van der Waals surface area contributed by atoms with Gasteiger partial charge in [0.2, 0.25) is 4.87 Å². The highest BCUT2D eigenvalue weighted by Gasteiger charge is 2.58. The van der Waals surface area contributed by atoms with Gasteiger partial charge in [0, 0.05) is 16.9 Å². The third-order valence-electron chi connectivity index (χ3n) is 4.31. The molecule has 0 aliphatic carbocycles. The van der Waals surface area contributed by atoms with Crippen molar-refractivity contribution in [2.75, 3.05) is 16.4 Å². The van der Waals surface area contributed by atoms with Crippen LogP contribution >= 0.6 is 24.0 Å². The largest absolute Gasteiger partial charge is 0.331 e. The second-order valence-corrected chi connectivity index (χ2v) is 7.67. The average Bonchev–Trinajstić information content (AvgIpc) is 3.08. The van der Waals surface area contributed by atoms with Crippen LogP contribution in [0.15, 0.2) is 48.5 Å². The van der Waals surface area contributed by atoms with Crippen molar-refractivity contribution in [3.05, 3.63) is 59.7 Å². The molecular weight excluding hydrogens is 368 g/mol. The highest BCUT2D eigenvalue weighted by atomic mass is 32.2. The number of nitrogens with one attached hydrogen (secondary N) is 3. The SMILES string of the molecule is Cc1cccc(NC(=S)NN2C(=O)CSC23C(=O)Nc2ccccc23)c1. The van der Waals surface area contributed by atoms with Crippen molar-refractivity contribution >= 4 is 52.3 Å². The van der Waals surface area contributed by atoms with E-state index in [4.69, 9.17) is 12.2 Å². The van der Waals surface area contributed by atoms with Crippen molar-refractivity contribution in [1.29, 1.82) is 0 Å². The van der Waals surface area contributed by atoms with Gasteiger partial charge in [0.25, 0.3) is 11.8 Å². The minimum absolute atomic E-state index is 0.196. The van der Waals surface area contributed by atoms with E-state index < -0.39 is 4.87 Å². The van der Waals surface area contributed by atoms with E-state index in [0.29, 0.717) is 5.69 Å². The molecule has 2 heterocycles. The summed E-state index contributed by atoms with van der Waals surface area (Å²) in [5.74, 6) is -0.252. The fourth-order valence-electron chi connectivity index (χ4n) is 3.18. The summed E-state index contributed by atoms with van der Waals surface area (Å²) in [5, 5.41) is 7.50. The first-order valence-electron chi connectivity index (χ1n) is 8.03. The molecule has 1 fully saturated rings. The van der Waals surface area contributed by atoms with Gasteiger partial charge in [-0.1, -0.05) is 30.3 Å². The van der Waals surface area contributed by atoms with E-state index in [9.17, 15) is 9.59 Å². The van der Waals surface area contributed by atoms with Crippen LogP contribution in [0.1, 0.15) is 11.1 Å². The number of thiocarbonyl (C=S) groups is 1. The summed E-state index contributed by atoms with van der Waals surface area (Å²) in [6.07, 6.45) is 0. The molecule has 2 aromatic rings. The van der Waals surface area contributed by atoms with Crippen molar-refractivity contribution in [2.24, 2.45) is 0 Å². The monoisotopic (exact) mass is 384 g/mol. The summed E-state index contributed by atoms with van der Waals surface area (Å²) in [7, 11) is 0. The van der Waals surface area contributed by atoms with E-state index in [-0.39, 0.29) is 22.7 Å². The summed E-state index contributed by atoms with van der Waals surface area (Å²) in [6.45, 7) is 1.98. The van der Waals surface area contributed by atoms with Gasteiger partial charge in [0.1, 0.15) is 0 Å². The fourth-order valence-corrected chi connectivity index (χ4v) is 4.64. The summed E-state index contributed by atoms with van der Waals surface area (Å²) in [4.78, 5) is 24.1. The number of anilines is 2. The van der Waals surface area contributed by atoms with Crippen molar-refractivity contribution in [3.8, 4) is 0 Å². The van der Waals surface area contributed by atoms with Crippen LogP contribution in [0.3, 0.4) is 0 Å². The second-order valence-electron chi connectivity index (χ2n) is 6.10. The maximum Gasteiger partial charge on any atom is 0.267 e. The van der Waals surface area contributed by atoms with Gasteiger partial charge < -0.3 is 10.6 Å². The summed E-state index contributed by atoms with van der Waals surface area (Å²) in [6, 6.07) is 15.1. The molecule has 8 heteroatoms. The van der Waals surface area contributed by atoms with Crippen LogP contribution in [0.4, 0.5) is 11.4 Å². The van der Waals surface area contributed by atoms with E-state index in [1.807, 2.05) is 55.5 Å². The van der Waals surface area contributed by atoms with Gasteiger partial charge in [-0.2, -0.15) is 0 Å². The third kappa shape index (κ3) is 2.62. The van der Waals surface area contributed by atoms with Crippen molar-refractivity contribution < 1.29 is 9.59 Å². The number of hydrazine groups is 1. The van der Waals surface area contributed by atoms with Crippen LogP contribution in [0, 0.1) is 6.92 Å². The third-order valence-corrected chi connectivity index (χ3v) is 5.90. The van der Waals surface area contributed by atoms with E-state index >= 15 is 0 Å². The predicted molar refractivity (Wildman–Crippen MR) is 107 cm³/mol. The van der Waals surface area contributed by atoms with Crippen LogP contribution in [0.5, 0.6) is 0 Å². The molecule has 0 radical (unpaired) electrons. The van der Waals surface area contributed by atoms with Crippen LogP contribution in [0.25, 0.3) is 0 Å². The second kappa shape index (κ2) is 6.30. The zero-order chi connectivity index (χ0) is 18.3. The molecule has 1 atom stereocenters. The van der Waals surface area contributed by atoms with Gasteiger partial charge in [-0.15, -0.1) is 11.8 Å². The van der Waals surface area contributed by atoms with Gasteiger partial charge >= 0.3 is 0 Å². The molecule has 4 rings (SSSR count). The molecule has 1 spiro atoms. The topological polar surface area (TPSA) is 73.5 Å².